The first kappa shape index (κ1) is 13.6. The third-order valence-corrected chi connectivity index (χ3v) is 5.79. The van der Waals surface area contributed by atoms with Crippen LogP contribution in [0.15, 0.2) is 28.8 Å². The van der Waals surface area contributed by atoms with Crippen LogP contribution in [0.25, 0.3) is 0 Å². The number of fused-ring (bicyclic) bond motifs is 1. The normalized spacial score (nSPS) is 31.0. The van der Waals surface area contributed by atoms with Crippen LogP contribution in [0.2, 0.25) is 10.0 Å². The van der Waals surface area contributed by atoms with Crippen LogP contribution in [0.1, 0.15) is 30.1 Å². The first-order valence-electron chi connectivity index (χ1n) is 7.17. The highest BCUT2D eigenvalue weighted by Crippen LogP contribution is 2.68. The van der Waals surface area contributed by atoms with Crippen LogP contribution in [-0.4, -0.2) is 18.1 Å². The molecule has 3 nitrogen and oxygen atoms in total. The van der Waals surface area contributed by atoms with Crippen LogP contribution < -0.4 is 5.32 Å². The summed E-state index contributed by atoms with van der Waals surface area (Å²) in [6, 6.07) is 5.99. The van der Waals surface area contributed by atoms with Gasteiger partial charge >= 0.3 is 0 Å². The predicted molar refractivity (Wildman–Crippen MR) is 83.2 cm³/mol. The Morgan fingerprint density at radius 2 is 2.10 bits per heavy atom. The van der Waals surface area contributed by atoms with Gasteiger partial charge in [0.05, 0.1) is 21.7 Å². The number of aromatic nitrogens is 1. The third-order valence-electron chi connectivity index (χ3n) is 5.05. The Hall–Kier alpha value is -1.03. The molecule has 0 bridgehead atoms. The van der Waals surface area contributed by atoms with E-state index in [1.165, 1.54) is 5.56 Å². The van der Waals surface area contributed by atoms with Crippen LogP contribution in [0.4, 0.5) is 0 Å². The summed E-state index contributed by atoms with van der Waals surface area (Å²) in [4.78, 5) is 4.50. The lowest BCUT2D eigenvalue weighted by Crippen LogP contribution is -2.41. The fraction of sp³-hybridized carbons (Fsp3) is 0.438. The SMILES string of the molecule is Cc1cnc(C23CNCCC2(c2ccc(Cl)c(Cl)c2)C3)o1. The Kier molecular flexibility index (Phi) is 2.91. The van der Waals surface area contributed by atoms with E-state index in [-0.39, 0.29) is 10.8 Å². The maximum Gasteiger partial charge on any atom is 0.202 e. The van der Waals surface area contributed by atoms with Crippen molar-refractivity contribution in [1.29, 1.82) is 0 Å². The summed E-state index contributed by atoms with van der Waals surface area (Å²) in [7, 11) is 0. The van der Waals surface area contributed by atoms with E-state index in [0.29, 0.717) is 10.0 Å². The Bertz CT molecular complexity index is 714. The van der Waals surface area contributed by atoms with Crippen molar-refractivity contribution in [2.24, 2.45) is 0 Å². The van der Waals surface area contributed by atoms with E-state index in [9.17, 15) is 0 Å². The minimum absolute atomic E-state index is 0.0450. The average molecular weight is 323 g/mol. The van der Waals surface area contributed by atoms with Gasteiger partial charge < -0.3 is 9.73 Å². The Morgan fingerprint density at radius 1 is 1.24 bits per heavy atom. The van der Waals surface area contributed by atoms with Crippen molar-refractivity contribution in [2.45, 2.75) is 30.6 Å². The number of piperidine rings is 1. The molecule has 0 spiro atoms. The van der Waals surface area contributed by atoms with Crippen molar-refractivity contribution >= 4 is 23.2 Å². The number of hydrogen-bond acceptors (Lipinski definition) is 3. The Labute approximate surface area is 133 Å². The van der Waals surface area contributed by atoms with Crippen molar-refractivity contribution < 1.29 is 4.42 Å². The smallest absolute Gasteiger partial charge is 0.202 e. The Balaban J connectivity index is 1.81. The molecule has 2 heterocycles. The van der Waals surface area contributed by atoms with E-state index >= 15 is 0 Å². The van der Waals surface area contributed by atoms with Gasteiger partial charge in [0.25, 0.3) is 0 Å². The monoisotopic (exact) mass is 322 g/mol. The van der Waals surface area contributed by atoms with Crippen molar-refractivity contribution in [3.8, 4) is 0 Å². The zero-order chi connectivity index (χ0) is 14.7. The molecule has 1 saturated heterocycles. The number of nitrogens with zero attached hydrogens (tertiary/aromatic N) is 1. The first-order chi connectivity index (χ1) is 10.1. The molecule has 2 aromatic rings. The predicted octanol–water partition coefficient (Wildman–Crippen LogP) is 3.86. The quantitative estimate of drug-likeness (QED) is 0.912. The van der Waals surface area contributed by atoms with Crippen molar-refractivity contribution in [3.63, 3.8) is 0 Å². The van der Waals surface area contributed by atoms with Crippen molar-refractivity contribution in [3.05, 3.63) is 51.7 Å². The number of hydrogen-bond donors (Lipinski definition) is 1. The van der Waals surface area contributed by atoms with Crippen LogP contribution in [0.3, 0.4) is 0 Å². The molecule has 0 radical (unpaired) electrons. The fourth-order valence-electron chi connectivity index (χ4n) is 3.88. The maximum atomic E-state index is 6.22. The number of rotatable bonds is 2. The standard InChI is InChI=1S/C16H16Cl2N2O/c1-10-7-20-14(21-10)16-8-15(16,4-5-19-9-16)11-2-3-12(17)13(18)6-11/h2-3,6-7,19H,4-5,8-9H2,1H3. The van der Waals surface area contributed by atoms with Gasteiger partial charge in [-0.2, -0.15) is 0 Å². The van der Waals surface area contributed by atoms with Crippen LogP contribution in [0.5, 0.6) is 0 Å². The van der Waals surface area contributed by atoms with E-state index in [4.69, 9.17) is 27.6 Å². The molecule has 0 amide bonds. The molecule has 1 aromatic heterocycles. The molecule has 2 atom stereocenters. The number of nitrogens with one attached hydrogen (secondary N) is 1. The lowest BCUT2D eigenvalue weighted by atomic mass is 9.81. The molecule has 21 heavy (non-hydrogen) atoms. The van der Waals surface area contributed by atoms with Crippen LogP contribution in [0, 0.1) is 6.92 Å². The topological polar surface area (TPSA) is 38.1 Å². The summed E-state index contributed by atoms with van der Waals surface area (Å²) < 4.78 is 5.86. The van der Waals surface area contributed by atoms with Gasteiger partial charge in [0.15, 0.2) is 0 Å². The lowest BCUT2D eigenvalue weighted by Gasteiger charge is -2.30. The third kappa shape index (κ3) is 1.81. The molecule has 1 aliphatic heterocycles. The first-order valence-corrected chi connectivity index (χ1v) is 7.92. The van der Waals surface area contributed by atoms with Crippen LogP contribution in [-0.2, 0) is 10.8 Å². The number of oxazole rings is 1. The van der Waals surface area contributed by atoms with Crippen molar-refractivity contribution in [2.75, 3.05) is 13.1 Å². The second-order valence-electron chi connectivity index (χ2n) is 6.17. The van der Waals surface area contributed by atoms with Crippen LogP contribution >= 0.6 is 23.2 Å². The van der Waals surface area contributed by atoms with Gasteiger partial charge in [0, 0.05) is 12.0 Å². The average Bonchev–Trinajstić information content (AvgIpc) is 3.01. The van der Waals surface area contributed by atoms with Gasteiger partial charge in [-0.15, -0.1) is 0 Å². The van der Waals surface area contributed by atoms with Gasteiger partial charge in [0.1, 0.15) is 5.76 Å². The zero-order valence-electron chi connectivity index (χ0n) is 11.7. The number of aryl methyl sites for hydroxylation is 1. The molecular formula is C16H16Cl2N2O. The second kappa shape index (κ2) is 4.48. The maximum absolute atomic E-state index is 6.22. The summed E-state index contributed by atoms with van der Waals surface area (Å²) in [5.41, 5.74) is 1.27. The van der Waals surface area contributed by atoms with Gasteiger partial charge in [-0.05, 0) is 44.0 Å². The molecule has 1 N–H and O–H groups in total. The molecule has 4 rings (SSSR count). The molecule has 1 saturated carbocycles. The van der Waals surface area contributed by atoms with Crippen molar-refractivity contribution in [1.82, 2.24) is 10.3 Å². The van der Waals surface area contributed by atoms with Gasteiger partial charge in [-0.3, -0.25) is 0 Å². The second-order valence-corrected chi connectivity index (χ2v) is 6.99. The molecule has 5 heteroatoms. The summed E-state index contributed by atoms with van der Waals surface area (Å²) in [6.45, 7) is 3.83. The highest BCUT2D eigenvalue weighted by Gasteiger charge is 2.72. The molecule has 1 aromatic carbocycles. The summed E-state index contributed by atoms with van der Waals surface area (Å²) >= 11 is 12.3. The molecule has 2 fully saturated rings. The van der Waals surface area contributed by atoms with E-state index in [0.717, 1.165) is 37.6 Å². The molecule has 2 unspecified atom stereocenters. The fourth-order valence-corrected chi connectivity index (χ4v) is 4.18. The van der Waals surface area contributed by atoms with E-state index in [1.54, 1.807) is 6.20 Å². The number of benzene rings is 1. The summed E-state index contributed by atoms with van der Waals surface area (Å²) in [6.07, 6.45) is 3.91. The molecule has 110 valence electrons. The zero-order valence-corrected chi connectivity index (χ0v) is 13.3. The molecule has 2 aliphatic rings. The molecule has 1 aliphatic carbocycles. The van der Waals surface area contributed by atoms with Gasteiger partial charge in [-0.25, -0.2) is 4.98 Å². The largest absolute Gasteiger partial charge is 0.445 e. The minimum Gasteiger partial charge on any atom is -0.445 e. The summed E-state index contributed by atoms with van der Waals surface area (Å²) in [5.74, 6) is 1.71. The highest BCUT2D eigenvalue weighted by atomic mass is 35.5. The van der Waals surface area contributed by atoms with E-state index in [2.05, 4.69) is 16.4 Å². The van der Waals surface area contributed by atoms with E-state index in [1.807, 2.05) is 19.1 Å². The number of halogens is 2. The van der Waals surface area contributed by atoms with Gasteiger partial charge in [-0.1, -0.05) is 29.3 Å². The Morgan fingerprint density at radius 3 is 2.81 bits per heavy atom. The van der Waals surface area contributed by atoms with Gasteiger partial charge in [0.2, 0.25) is 5.89 Å². The lowest BCUT2D eigenvalue weighted by molar-refractivity contribution is 0.330. The molecular weight excluding hydrogens is 307 g/mol. The van der Waals surface area contributed by atoms with E-state index < -0.39 is 0 Å². The highest BCUT2D eigenvalue weighted by molar-refractivity contribution is 6.42. The summed E-state index contributed by atoms with van der Waals surface area (Å²) in [5, 5.41) is 4.70. The minimum atomic E-state index is -0.0450.